The summed E-state index contributed by atoms with van der Waals surface area (Å²) < 4.78 is 29.1. The van der Waals surface area contributed by atoms with Gasteiger partial charge in [-0.3, -0.25) is 4.84 Å². The Kier molecular flexibility index (Phi) is 5.96. The second kappa shape index (κ2) is 7.95. The van der Waals surface area contributed by atoms with Crippen LogP contribution in [-0.2, 0) is 20.3 Å². The molecule has 1 N–H and O–H groups in total. The van der Waals surface area contributed by atoms with Crippen molar-refractivity contribution < 1.29 is 13.3 Å². The van der Waals surface area contributed by atoms with Crippen LogP contribution >= 0.6 is 0 Å². The van der Waals surface area contributed by atoms with Crippen LogP contribution in [-0.4, -0.2) is 32.4 Å². The quantitative estimate of drug-likeness (QED) is 0.823. The van der Waals surface area contributed by atoms with Gasteiger partial charge < -0.3 is 0 Å². The molecule has 28 heavy (non-hydrogen) atoms. The summed E-state index contributed by atoms with van der Waals surface area (Å²) in [7, 11) is -1.80. The van der Waals surface area contributed by atoms with Crippen molar-refractivity contribution >= 4 is 10.0 Å². The molecule has 3 rings (SSSR count). The molecular weight excluding hydrogens is 372 g/mol. The fraction of sp³-hybridized carbons (Fsp3) is 0.455. The molecule has 0 aromatic heterocycles. The number of rotatable bonds is 5. The Labute approximate surface area is 168 Å². The maximum atomic E-state index is 13.2. The molecule has 1 fully saturated rings. The molecule has 1 aliphatic rings. The Morgan fingerprint density at radius 3 is 2.25 bits per heavy atom. The van der Waals surface area contributed by atoms with Crippen LogP contribution in [0.1, 0.15) is 56.5 Å². The maximum absolute atomic E-state index is 13.2. The lowest BCUT2D eigenvalue weighted by Gasteiger charge is -2.26. The lowest BCUT2D eigenvalue weighted by atomic mass is 9.86. The van der Waals surface area contributed by atoms with Crippen LogP contribution < -0.4 is 4.72 Å². The van der Waals surface area contributed by atoms with Gasteiger partial charge in [-0.1, -0.05) is 75.4 Å². The van der Waals surface area contributed by atoms with E-state index in [0.717, 1.165) is 11.1 Å². The third-order valence-corrected chi connectivity index (χ3v) is 7.22. The summed E-state index contributed by atoms with van der Waals surface area (Å²) in [5.41, 5.74) is 3.14. The molecule has 1 aliphatic heterocycles. The van der Waals surface area contributed by atoms with Crippen LogP contribution in [0, 0.1) is 0 Å². The first-order chi connectivity index (χ1) is 13.1. The van der Waals surface area contributed by atoms with Gasteiger partial charge in [-0.2, -0.15) is 5.06 Å². The van der Waals surface area contributed by atoms with Gasteiger partial charge in [0.1, 0.15) is 5.25 Å². The van der Waals surface area contributed by atoms with Crippen molar-refractivity contribution in [2.75, 3.05) is 13.7 Å². The molecular formula is C22H30N2O3S. The summed E-state index contributed by atoms with van der Waals surface area (Å²) in [5, 5.41) is 0.979. The highest BCUT2D eigenvalue weighted by Gasteiger charge is 2.43. The molecule has 0 aliphatic carbocycles. The number of nitrogens with zero attached hydrogens (tertiary/aromatic N) is 1. The van der Waals surface area contributed by atoms with Crippen LogP contribution in [0.15, 0.2) is 54.6 Å². The van der Waals surface area contributed by atoms with Crippen molar-refractivity contribution in [3.63, 3.8) is 0 Å². The fourth-order valence-electron chi connectivity index (χ4n) is 3.60. The predicted octanol–water partition coefficient (Wildman–Crippen LogP) is 3.95. The lowest BCUT2D eigenvalue weighted by molar-refractivity contribution is -0.110. The van der Waals surface area contributed by atoms with Crippen molar-refractivity contribution in [1.29, 1.82) is 0 Å². The molecule has 3 atom stereocenters. The summed E-state index contributed by atoms with van der Waals surface area (Å²) in [6, 6.07) is 17.1. The maximum Gasteiger partial charge on any atom is 0.219 e. The number of benzene rings is 2. The third-order valence-electron chi connectivity index (χ3n) is 5.34. The summed E-state index contributed by atoms with van der Waals surface area (Å²) in [6.45, 7) is 8.48. The second-order valence-electron chi connectivity index (χ2n) is 8.49. The Morgan fingerprint density at radius 2 is 1.68 bits per heavy atom. The van der Waals surface area contributed by atoms with E-state index in [1.165, 1.54) is 5.56 Å². The Morgan fingerprint density at radius 1 is 1.07 bits per heavy atom. The SMILES string of the molecule is C[C@H](NS(=O)(=O)[C@@H]1CON(C)[C@H]1c1ccc(C(C)(C)C)cc1)c1ccccc1. The van der Waals surface area contributed by atoms with Crippen molar-refractivity contribution in [3.8, 4) is 0 Å². The van der Waals surface area contributed by atoms with Crippen LogP contribution in [0.3, 0.4) is 0 Å². The van der Waals surface area contributed by atoms with Crippen LogP contribution in [0.4, 0.5) is 0 Å². The first-order valence-corrected chi connectivity index (χ1v) is 11.2. The van der Waals surface area contributed by atoms with E-state index in [2.05, 4.69) is 37.6 Å². The summed E-state index contributed by atoms with van der Waals surface area (Å²) >= 11 is 0. The topological polar surface area (TPSA) is 58.6 Å². The van der Waals surface area contributed by atoms with E-state index in [1.807, 2.05) is 49.4 Å². The first-order valence-electron chi connectivity index (χ1n) is 9.62. The number of sulfonamides is 1. The van der Waals surface area contributed by atoms with E-state index in [9.17, 15) is 8.42 Å². The van der Waals surface area contributed by atoms with Gasteiger partial charge in [0, 0.05) is 13.1 Å². The van der Waals surface area contributed by atoms with Crippen LogP contribution in [0.5, 0.6) is 0 Å². The molecule has 1 saturated heterocycles. The molecule has 1 heterocycles. The minimum absolute atomic E-state index is 0.0504. The van der Waals surface area contributed by atoms with Crippen molar-refractivity contribution in [3.05, 3.63) is 71.3 Å². The molecule has 2 aromatic rings. The highest BCUT2D eigenvalue weighted by atomic mass is 32.2. The highest BCUT2D eigenvalue weighted by Crippen LogP contribution is 2.35. The smallest absolute Gasteiger partial charge is 0.219 e. The third kappa shape index (κ3) is 4.46. The summed E-state index contributed by atoms with van der Waals surface area (Å²) in [5.74, 6) is 0. The van der Waals surface area contributed by atoms with Crippen LogP contribution in [0.2, 0.25) is 0 Å². The van der Waals surface area contributed by atoms with E-state index in [-0.39, 0.29) is 24.1 Å². The van der Waals surface area contributed by atoms with Crippen LogP contribution in [0.25, 0.3) is 0 Å². The average molecular weight is 403 g/mol. The minimum atomic E-state index is -3.59. The average Bonchev–Trinajstić information content (AvgIpc) is 3.04. The summed E-state index contributed by atoms with van der Waals surface area (Å²) in [6.07, 6.45) is 0. The van der Waals surface area contributed by atoms with E-state index in [4.69, 9.17) is 4.84 Å². The molecule has 0 spiro atoms. The standard InChI is InChI=1S/C22H30N2O3S/c1-16(17-9-7-6-8-10-17)23-28(25,26)20-15-27-24(5)21(20)18-11-13-19(14-12-18)22(2,3)4/h6-14,16,20-21,23H,15H2,1-5H3/t16-,20+,21-/m0/s1. The van der Waals surface area contributed by atoms with Gasteiger partial charge in [-0.15, -0.1) is 0 Å². The normalized spacial score (nSPS) is 22.3. The zero-order valence-electron chi connectivity index (χ0n) is 17.2. The Balaban J connectivity index is 1.84. The zero-order valence-corrected chi connectivity index (χ0v) is 18.0. The summed E-state index contributed by atoms with van der Waals surface area (Å²) in [4.78, 5) is 5.62. The van der Waals surface area contributed by atoms with E-state index < -0.39 is 15.3 Å². The first kappa shape index (κ1) is 21.0. The molecule has 0 bridgehead atoms. The van der Waals surface area contributed by atoms with Crippen molar-refractivity contribution in [2.24, 2.45) is 0 Å². The number of hydrogen-bond acceptors (Lipinski definition) is 4. The Bertz CT molecular complexity index is 890. The molecule has 152 valence electrons. The van der Waals surface area contributed by atoms with Gasteiger partial charge in [0.15, 0.2) is 0 Å². The number of nitrogens with one attached hydrogen (secondary N) is 1. The van der Waals surface area contributed by atoms with Gasteiger partial charge in [-0.05, 0) is 29.0 Å². The highest BCUT2D eigenvalue weighted by molar-refractivity contribution is 7.90. The number of hydrogen-bond donors (Lipinski definition) is 1. The number of hydroxylamine groups is 2. The predicted molar refractivity (Wildman–Crippen MR) is 112 cm³/mol. The molecule has 0 unspecified atom stereocenters. The largest absolute Gasteiger partial charge is 0.297 e. The van der Waals surface area contributed by atoms with Gasteiger partial charge in [-0.25, -0.2) is 13.1 Å². The van der Waals surface area contributed by atoms with Crippen molar-refractivity contribution in [1.82, 2.24) is 9.79 Å². The van der Waals surface area contributed by atoms with E-state index in [0.29, 0.717) is 0 Å². The monoisotopic (exact) mass is 402 g/mol. The minimum Gasteiger partial charge on any atom is -0.297 e. The molecule has 0 radical (unpaired) electrons. The molecule has 0 saturated carbocycles. The van der Waals surface area contributed by atoms with Crippen molar-refractivity contribution in [2.45, 2.75) is 50.4 Å². The molecule has 0 amide bonds. The second-order valence-corrected chi connectivity index (χ2v) is 10.4. The van der Waals surface area contributed by atoms with Gasteiger partial charge in [0.05, 0.1) is 12.6 Å². The fourth-order valence-corrected chi connectivity index (χ4v) is 5.32. The zero-order chi connectivity index (χ0) is 20.5. The molecule has 2 aromatic carbocycles. The van der Waals surface area contributed by atoms with E-state index in [1.54, 1.807) is 12.1 Å². The van der Waals surface area contributed by atoms with Gasteiger partial charge in [0.2, 0.25) is 10.0 Å². The Hall–Kier alpha value is -1.73. The van der Waals surface area contributed by atoms with Gasteiger partial charge in [0.25, 0.3) is 0 Å². The molecule has 5 nitrogen and oxygen atoms in total. The van der Waals surface area contributed by atoms with Gasteiger partial charge >= 0.3 is 0 Å². The van der Waals surface area contributed by atoms with E-state index >= 15 is 0 Å². The molecule has 6 heteroatoms. The lowest BCUT2D eigenvalue weighted by Crippen LogP contribution is -2.40.